The van der Waals surface area contributed by atoms with Gasteiger partial charge in [0.05, 0.1) is 86.5 Å². The minimum Gasteiger partial charge on any atom is -0.385 e. The molecule has 4 N–H and O–H groups in total. The molecule has 0 spiro atoms. The molecule has 2 aliphatic carbocycles. The first-order valence-electron chi connectivity index (χ1n) is 29.9. The molecule has 1 aromatic heterocycles. The van der Waals surface area contributed by atoms with Crippen LogP contribution in [0.3, 0.4) is 0 Å². The third kappa shape index (κ3) is 14.7. The van der Waals surface area contributed by atoms with Gasteiger partial charge in [0, 0.05) is 91.6 Å². The van der Waals surface area contributed by atoms with E-state index in [4.69, 9.17) is 34.5 Å². The average molecular weight is 1110 g/mol. The molecule has 0 radical (unpaired) electrons. The number of fused-ring (bicyclic) bond motifs is 3. The van der Waals surface area contributed by atoms with Crippen LogP contribution in [0.5, 0.6) is 0 Å². The molecule has 0 bridgehead atoms. The zero-order valence-electron chi connectivity index (χ0n) is 50.1. The number of carbonyl (C=O) groups excluding carboxylic acids is 2. The largest absolute Gasteiger partial charge is 0.385 e. The van der Waals surface area contributed by atoms with Crippen molar-refractivity contribution in [1.29, 1.82) is 0 Å². The fourth-order valence-electron chi connectivity index (χ4n) is 12.2. The van der Waals surface area contributed by atoms with Gasteiger partial charge >= 0.3 is 0 Å². The first-order chi connectivity index (χ1) is 39.1. The van der Waals surface area contributed by atoms with Gasteiger partial charge in [0.1, 0.15) is 6.54 Å². The summed E-state index contributed by atoms with van der Waals surface area (Å²) in [6.07, 6.45) is 17.8. The zero-order valence-corrected chi connectivity index (χ0v) is 50.1. The number of anilines is 2. The van der Waals surface area contributed by atoms with Crippen LogP contribution < -0.4 is 21.3 Å². The number of para-hydroxylation sites is 2. The number of ketones is 1. The lowest BCUT2D eigenvalue weighted by atomic mass is 9.75. The summed E-state index contributed by atoms with van der Waals surface area (Å²) >= 11 is 0. The maximum atomic E-state index is 13.0. The van der Waals surface area contributed by atoms with Gasteiger partial charge in [-0.2, -0.15) is 9.67 Å². The van der Waals surface area contributed by atoms with E-state index in [1.165, 1.54) is 50.8 Å². The molecule has 14 heteroatoms. The number of primary amides is 1. The number of amides is 1. The first-order valence-corrected chi connectivity index (χ1v) is 29.9. The van der Waals surface area contributed by atoms with Crippen molar-refractivity contribution in [2.24, 2.45) is 11.1 Å². The molecule has 3 aromatic carbocycles. The molecule has 0 saturated heterocycles. The van der Waals surface area contributed by atoms with Crippen LogP contribution in [0.25, 0.3) is 5.69 Å². The summed E-state index contributed by atoms with van der Waals surface area (Å²) in [5.74, 6) is -0.396. The number of hydrogen-bond donors (Lipinski definition) is 3. The minimum absolute atomic E-state index is 0.0884. The number of carbonyl (C=O) groups is 2. The molecule has 0 atom stereocenters. The minimum atomic E-state index is -0.518. The van der Waals surface area contributed by atoms with Gasteiger partial charge in [0.2, 0.25) is 5.69 Å². The Morgan fingerprint density at radius 1 is 0.728 bits per heavy atom. The molecule has 81 heavy (non-hydrogen) atoms. The normalized spacial score (nSPS) is 18.1. The van der Waals surface area contributed by atoms with Crippen LogP contribution in [-0.4, -0.2) is 124 Å². The molecule has 436 valence electrons. The molecule has 14 nitrogen and oxygen atoms in total. The molecule has 4 aliphatic rings. The molecule has 1 amide bonds. The van der Waals surface area contributed by atoms with Crippen molar-refractivity contribution in [3.8, 4) is 5.69 Å². The van der Waals surface area contributed by atoms with E-state index in [2.05, 4.69) is 148 Å². The van der Waals surface area contributed by atoms with Crippen molar-refractivity contribution in [2.45, 2.75) is 131 Å². The van der Waals surface area contributed by atoms with E-state index in [-0.39, 0.29) is 22.0 Å². The second-order valence-corrected chi connectivity index (χ2v) is 23.8. The summed E-state index contributed by atoms with van der Waals surface area (Å²) in [6.45, 7) is 28.5. The Morgan fingerprint density at radius 3 is 2.01 bits per heavy atom. The molecular weight excluding hydrogens is 1010 g/mol. The Bertz CT molecular complexity index is 2990. The summed E-state index contributed by atoms with van der Waals surface area (Å²) in [6, 6.07) is 23.2. The van der Waals surface area contributed by atoms with Gasteiger partial charge in [-0.05, 0) is 118 Å². The predicted molar refractivity (Wildman–Crippen MR) is 326 cm³/mol. The number of Topliss-reactive ketones (excluding diaryl/α,β-unsaturated/α-hetero) is 1. The first kappa shape index (κ1) is 60.9. The summed E-state index contributed by atoms with van der Waals surface area (Å²) in [7, 11) is 0. The van der Waals surface area contributed by atoms with Gasteiger partial charge in [0.25, 0.3) is 5.91 Å². The van der Waals surface area contributed by atoms with Gasteiger partial charge in [-0.3, -0.25) is 9.59 Å². The Labute approximate surface area is 482 Å². The van der Waals surface area contributed by atoms with E-state index in [1.807, 2.05) is 23.7 Å². The number of benzene rings is 3. The van der Waals surface area contributed by atoms with Crippen LogP contribution >= 0.6 is 0 Å². The SMILES string of the molecule is CCCN1/C(=C/C=C2\CCCC(/C=C/C3=[N+](CCC)c4ccccc4C3(C)C)=C2NCCCOCCOCCOCCOCCOCCCNc2cc(-n3nc(C)c4c3CC(C)(C)CC4=O)ccc2C(N)=O)C(C)(C)c2ccccc21. The molecule has 0 saturated carbocycles. The van der Waals surface area contributed by atoms with Crippen LogP contribution in [0.2, 0.25) is 0 Å². The van der Waals surface area contributed by atoms with Crippen molar-refractivity contribution >= 4 is 34.5 Å². The van der Waals surface area contributed by atoms with E-state index in [1.54, 1.807) is 6.07 Å². The van der Waals surface area contributed by atoms with Crippen LogP contribution in [0.4, 0.5) is 17.1 Å². The van der Waals surface area contributed by atoms with Crippen LogP contribution in [0.1, 0.15) is 150 Å². The summed E-state index contributed by atoms with van der Waals surface area (Å²) in [5, 5.41) is 12.0. The highest BCUT2D eigenvalue weighted by Crippen LogP contribution is 2.48. The fraction of sp³-hybridized carbons (Fsp3) is 0.522. The summed E-state index contributed by atoms with van der Waals surface area (Å²) in [4.78, 5) is 27.8. The fourth-order valence-corrected chi connectivity index (χ4v) is 12.2. The predicted octanol–water partition coefficient (Wildman–Crippen LogP) is 11.8. The number of allylic oxidation sites excluding steroid dienone is 7. The highest BCUT2D eigenvalue weighted by atomic mass is 16.6. The monoisotopic (exact) mass is 1110 g/mol. The summed E-state index contributed by atoms with van der Waals surface area (Å²) < 4.78 is 33.4. The molecular formula is C67H92N7O7+. The number of hydrogen-bond acceptors (Lipinski definition) is 11. The number of aromatic nitrogens is 2. The second-order valence-electron chi connectivity index (χ2n) is 23.8. The lowest BCUT2D eigenvalue weighted by Crippen LogP contribution is -2.28. The van der Waals surface area contributed by atoms with E-state index in [9.17, 15) is 9.59 Å². The average Bonchev–Trinajstić information content (AvgIpc) is 4.04. The number of rotatable bonds is 31. The van der Waals surface area contributed by atoms with Crippen molar-refractivity contribution in [3.05, 3.63) is 147 Å². The molecule has 0 fully saturated rings. The van der Waals surface area contributed by atoms with Crippen molar-refractivity contribution in [3.63, 3.8) is 0 Å². The molecule has 8 rings (SSSR count). The topological polar surface area (TPSA) is 154 Å². The Kier molecular flexibility index (Phi) is 21.2. The van der Waals surface area contributed by atoms with Crippen molar-refractivity contribution in [2.75, 3.05) is 102 Å². The lowest BCUT2D eigenvalue weighted by molar-refractivity contribution is -0.437. The standard InChI is InChI=1S/C67H91N7O7/c1-10-33-72-56-23-14-12-21-53(56)66(6,7)60(72)29-25-49-19-16-20-50(26-30-61-67(8,9)54-22-13-15-24-57(54)73(61)34-11-2)63(49)70-32-18-36-78-38-40-80-42-44-81-43-41-79-39-37-77-35-17-31-69-55-45-51(27-28-52(55)64(68)76)74-58-46-65(4,5)47-59(75)62(58)48(3)71-74/h12-15,21-30,45H,10-11,16-20,31-44,46-47H2,1-9H3,(H3,68,69,76)/p+1/b49-25+,60-29+. The molecule has 4 aromatic rings. The van der Waals surface area contributed by atoms with Crippen molar-refractivity contribution < 1.29 is 37.8 Å². The number of nitrogens with one attached hydrogen (secondary N) is 2. The third-order valence-electron chi connectivity index (χ3n) is 16.2. The highest BCUT2D eigenvalue weighted by molar-refractivity contribution is 6.03. The zero-order chi connectivity index (χ0) is 57.6. The Balaban J connectivity index is 0.726. The molecule has 0 unspecified atom stereocenters. The third-order valence-corrected chi connectivity index (χ3v) is 16.2. The number of nitrogens with two attached hydrogens (primary N) is 1. The smallest absolute Gasteiger partial charge is 0.250 e. The van der Waals surface area contributed by atoms with Gasteiger partial charge in [0.15, 0.2) is 11.5 Å². The van der Waals surface area contributed by atoms with Crippen LogP contribution in [0.15, 0.2) is 114 Å². The Hall–Kier alpha value is -6.16. The van der Waals surface area contributed by atoms with Gasteiger partial charge in [-0.1, -0.05) is 90.1 Å². The van der Waals surface area contributed by atoms with Gasteiger partial charge in [-0.25, -0.2) is 4.68 Å². The second kappa shape index (κ2) is 28.2. The summed E-state index contributed by atoms with van der Waals surface area (Å²) in [5.41, 5.74) is 21.7. The van der Waals surface area contributed by atoms with Crippen molar-refractivity contribution in [1.82, 2.24) is 15.1 Å². The van der Waals surface area contributed by atoms with Crippen LogP contribution in [0, 0.1) is 12.3 Å². The Morgan fingerprint density at radius 2 is 1.36 bits per heavy atom. The number of aryl methyl sites for hydroxylation is 1. The maximum absolute atomic E-state index is 13.0. The maximum Gasteiger partial charge on any atom is 0.250 e. The highest BCUT2D eigenvalue weighted by Gasteiger charge is 2.44. The number of ether oxygens (including phenoxy) is 5. The number of nitrogens with zero attached hydrogens (tertiary/aromatic N) is 4. The van der Waals surface area contributed by atoms with Crippen LogP contribution in [-0.2, 0) is 40.9 Å². The van der Waals surface area contributed by atoms with Gasteiger partial charge in [-0.15, -0.1) is 0 Å². The van der Waals surface area contributed by atoms with E-state index < -0.39 is 5.91 Å². The van der Waals surface area contributed by atoms with E-state index in [0.717, 1.165) is 81.7 Å². The quantitative estimate of drug-likeness (QED) is 0.0326. The molecule has 3 heterocycles. The van der Waals surface area contributed by atoms with E-state index >= 15 is 0 Å². The molecule has 2 aliphatic heterocycles. The lowest BCUT2D eigenvalue weighted by Gasteiger charge is -2.29. The van der Waals surface area contributed by atoms with Gasteiger partial charge < -0.3 is 45.0 Å². The van der Waals surface area contributed by atoms with E-state index in [0.29, 0.717) is 102 Å².